The van der Waals surface area contributed by atoms with Crippen LogP contribution >= 0.6 is 0 Å². The van der Waals surface area contributed by atoms with Gasteiger partial charge in [-0.15, -0.1) is 0 Å². The van der Waals surface area contributed by atoms with Gasteiger partial charge in [0.15, 0.2) is 0 Å². The number of carbonyl (C=O) groups excluding carboxylic acids is 1. The summed E-state index contributed by atoms with van der Waals surface area (Å²) < 4.78 is 5.27. The second kappa shape index (κ2) is 5.21. The van der Waals surface area contributed by atoms with Gasteiger partial charge in [-0.1, -0.05) is 13.0 Å². The maximum Gasteiger partial charge on any atom is 0.394 e. The van der Waals surface area contributed by atoms with Gasteiger partial charge in [0.25, 0.3) is 0 Å². The molecule has 1 aliphatic rings. The second-order valence-corrected chi connectivity index (χ2v) is 4.24. The van der Waals surface area contributed by atoms with Gasteiger partial charge in [0.1, 0.15) is 17.1 Å². The Morgan fingerprint density at radius 1 is 1.53 bits per heavy atom. The maximum atomic E-state index is 11.3. The van der Waals surface area contributed by atoms with Crippen molar-refractivity contribution in [1.82, 2.24) is 5.32 Å². The van der Waals surface area contributed by atoms with Crippen molar-refractivity contribution in [2.45, 2.75) is 25.7 Å². The number of fused-ring (bicyclic) bond motifs is 1. The number of rotatable bonds is 3. The lowest BCUT2D eigenvalue weighted by Gasteiger charge is -2.26. The monoisotopic (exact) mass is 262 g/mol. The van der Waals surface area contributed by atoms with Crippen LogP contribution in [0.2, 0.25) is 0 Å². The lowest BCUT2D eigenvalue weighted by molar-refractivity contribution is -0.121. The first-order valence-corrected chi connectivity index (χ1v) is 5.90. The number of hydrogen-bond acceptors (Lipinski definition) is 4. The first-order valence-electron chi connectivity index (χ1n) is 5.90. The van der Waals surface area contributed by atoms with Crippen molar-refractivity contribution < 1.29 is 24.5 Å². The quantitative estimate of drug-likeness (QED) is 0.689. The second-order valence-electron chi connectivity index (χ2n) is 4.24. The van der Waals surface area contributed by atoms with Crippen LogP contribution in [0.25, 0.3) is 0 Å². The van der Waals surface area contributed by atoms with E-state index in [0.29, 0.717) is 18.4 Å². The lowest BCUT2D eigenvalue weighted by Crippen LogP contribution is -2.45. The number of carbonyl (C=O) groups is 2. The van der Waals surface area contributed by atoms with Crippen molar-refractivity contribution in [3.05, 3.63) is 23.3 Å². The Bertz CT molecular complexity index is 531. The molecule has 19 heavy (non-hydrogen) atoms. The minimum absolute atomic E-state index is 0.106. The summed E-state index contributed by atoms with van der Waals surface area (Å²) in [4.78, 5) is 22.4. The summed E-state index contributed by atoms with van der Waals surface area (Å²) in [5.74, 6) is -1.86. The van der Waals surface area contributed by atoms with E-state index >= 15 is 0 Å². The zero-order valence-electron chi connectivity index (χ0n) is 10.3. The fraction of sp³-hybridized carbons (Fsp3) is 0.333. The van der Waals surface area contributed by atoms with Crippen LogP contribution in [0.1, 0.15) is 29.3 Å². The third kappa shape index (κ3) is 2.64. The smallest absolute Gasteiger partial charge is 0.394 e. The largest absolute Gasteiger partial charge is 0.560 e. The fourth-order valence-corrected chi connectivity index (χ4v) is 1.95. The zero-order chi connectivity index (χ0) is 14.0. The van der Waals surface area contributed by atoms with Gasteiger partial charge in [-0.2, -0.15) is 0 Å². The number of nitrogens with one attached hydrogen (secondary N) is 1. The van der Waals surface area contributed by atoms with E-state index in [1.807, 2.05) is 0 Å². The number of phenols is 1. The summed E-state index contributed by atoms with van der Waals surface area (Å²) >= 11 is 0. The summed E-state index contributed by atoms with van der Waals surface area (Å²) in [6.07, 6.45) is 0.800. The van der Waals surface area contributed by atoms with Gasteiger partial charge in [-0.3, -0.25) is 4.79 Å². The topological polar surface area (TPSA) is 95.9 Å². The normalized spacial score (nSPS) is 16.8. The van der Waals surface area contributed by atoms with Crippen molar-refractivity contribution in [3.8, 4) is 11.5 Å². The average molecular weight is 262 g/mol. The molecule has 99 valence electrons. The molecule has 0 aromatic heterocycles. The number of carboxylic acid groups (broad SMARTS) is 1. The van der Waals surface area contributed by atoms with Crippen molar-refractivity contribution >= 4 is 19.4 Å². The number of carboxylic acids is 1. The molecule has 0 spiro atoms. The molecule has 7 heteroatoms. The number of aromatic hydroxyl groups is 1. The highest BCUT2D eigenvalue weighted by molar-refractivity contribution is 6.32. The van der Waals surface area contributed by atoms with Crippen LogP contribution in [0.5, 0.6) is 11.5 Å². The first kappa shape index (κ1) is 13.3. The number of benzene rings is 1. The van der Waals surface area contributed by atoms with E-state index in [4.69, 9.17) is 9.76 Å². The number of hydrogen-bond donors (Lipinski definition) is 3. The molecule has 0 saturated carbocycles. The minimum atomic E-state index is -1.25. The van der Waals surface area contributed by atoms with Crippen LogP contribution in [0.15, 0.2) is 12.1 Å². The van der Waals surface area contributed by atoms with Crippen LogP contribution in [0.3, 0.4) is 0 Å². The molecule has 1 unspecified atom stereocenters. The molecule has 0 fully saturated rings. The summed E-state index contributed by atoms with van der Waals surface area (Å²) in [7, 11) is 1.38. The molecule has 0 saturated heterocycles. The highest BCUT2D eigenvalue weighted by Crippen LogP contribution is 2.34. The van der Waals surface area contributed by atoms with Gasteiger partial charge < -0.3 is 20.2 Å². The van der Waals surface area contributed by atoms with E-state index in [0.717, 1.165) is 0 Å². The Balaban J connectivity index is 2.25. The lowest BCUT2D eigenvalue weighted by atomic mass is 9.79. The average Bonchev–Trinajstić information content (AvgIpc) is 2.38. The van der Waals surface area contributed by atoms with Crippen LogP contribution in [-0.2, 0) is 11.2 Å². The zero-order valence-corrected chi connectivity index (χ0v) is 10.3. The van der Waals surface area contributed by atoms with E-state index < -0.39 is 5.97 Å². The third-order valence-corrected chi connectivity index (χ3v) is 2.89. The molecule has 1 aliphatic heterocycles. The van der Waals surface area contributed by atoms with Crippen LogP contribution in [-0.4, -0.2) is 35.5 Å². The fourth-order valence-electron chi connectivity index (χ4n) is 1.95. The van der Waals surface area contributed by atoms with Gasteiger partial charge in [-0.25, -0.2) is 4.79 Å². The van der Waals surface area contributed by atoms with Gasteiger partial charge in [-0.05, 0) is 18.1 Å². The molecule has 1 amide bonds. The molecule has 0 aliphatic carbocycles. The van der Waals surface area contributed by atoms with Gasteiger partial charge >= 0.3 is 13.5 Å². The molecule has 2 rings (SSSR count). The van der Waals surface area contributed by atoms with Gasteiger partial charge in [0.05, 0.1) is 0 Å². The van der Waals surface area contributed by atoms with Crippen LogP contribution < -0.4 is 9.97 Å². The molecule has 1 aromatic carbocycles. The van der Waals surface area contributed by atoms with Crippen molar-refractivity contribution in [2.75, 3.05) is 0 Å². The molecule has 1 radical (unpaired) electrons. The molecule has 1 atom stereocenters. The highest BCUT2D eigenvalue weighted by atomic mass is 16.4. The summed E-state index contributed by atoms with van der Waals surface area (Å²) in [5.41, 5.74) is 0.383. The Morgan fingerprint density at radius 3 is 2.89 bits per heavy atom. The Labute approximate surface area is 110 Å². The molecule has 1 aromatic rings. The van der Waals surface area contributed by atoms with E-state index in [9.17, 15) is 14.7 Å². The molecule has 1 heterocycles. The van der Waals surface area contributed by atoms with E-state index in [-0.39, 0.29) is 28.9 Å². The molecular weight excluding hydrogens is 249 g/mol. The molecular formula is C12H13BNO5. The molecule has 6 nitrogen and oxygen atoms in total. The molecule has 0 bridgehead atoms. The van der Waals surface area contributed by atoms with Crippen molar-refractivity contribution in [2.24, 2.45) is 0 Å². The van der Waals surface area contributed by atoms with Crippen LogP contribution in [0, 0.1) is 0 Å². The van der Waals surface area contributed by atoms with Crippen molar-refractivity contribution in [1.29, 1.82) is 0 Å². The summed E-state index contributed by atoms with van der Waals surface area (Å²) in [6, 6.07) is 2.91. The van der Waals surface area contributed by atoms with E-state index in [2.05, 4.69) is 5.32 Å². The SMILES string of the molecule is CCC(=O)NC1[B]Oc2c(ccc(O)c2C(=O)O)C1. The van der Waals surface area contributed by atoms with Gasteiger partial charge in [0.2, 0.25) is 5.91 Å². The van der Waals surface area contributed by atoms with Gasteiger partial charge in [0, 0.05) is 12.4 Å². The minimum Gasteiger partial charge on any atom is -0.560 e. The van der Waals surface area contributed by atoms with E-state index in [1.165, 1.54) is 13.5 Å². The van der Waals surface area contributed by atoms with E-state index in [1.54, 1.807) is 13.0 Å². The number of aromatic carboxylic acids is 1. The molecule has 3 N–H and O–H groups in total. The number of amides is 1. The Kier molecular flexibility index (Phi) is 3.64. The first-order chi connectivity index (χ1) is 9.02. The predicted molar refractivity (Wildman–Crippen MR) is 67.4 cm³/mol. The summed E-state index contributed by atoms with van der Waals surface area (Å²) in [5, 5.41) is 21.3. The highest BCUT2D eigenvalue weighted by Gasteiger charge is 2.29. The third-order valence-electron chi connectivity index (χ3n) is 2.89. The predicted octanol–water partition coefficient (Wildman–Crippen LogP) is 0.497. The maximum absolute atomic E-state index is 11.3. The Hall–Kier alpha value is -2.18. The Morgan fingerprint density at radius 2 is 2.26 bits per heavy atom. The standard InChI is InChI=1S/C12H13BNO5/c1-2-9(16)14-8-5-6-3-4-7(15)10(12(17)18)11(6)19-13-8/h3-4,8,15H,2,5H2,1H3,(H,14,16)(H,17,18). The summed E-state index contributed by atoms with van der Waals surface area (Å²) in [6.45, 7) is 1.74. The van der Waals surface area contributed by atoms with Crippen LogP contribution in [0.4, 0.5) is 0 Å². The van der Waals surface area contributed by atoms with Crippen molar-refractivity contribution in [3.63, 3.8) is 0 Å².